The molecule has 0 aliphatic heterocycles. The summed E-state index contributed by atoms with van der Waals surface area (Å²) in [6.45, 7) is 1.92. The summed E-state index contributed by atoms with van der Waals surface area (Å²) in [4.78, 5) is 18.1. The van der Waals surface area contributed by atoms with Crippen LogP contribution in [0.2, 0.25) is 0 Å². The lowest BCUT2D eigenvalue weighted by Gasteiger charge is -2.08. The summed E-state index contributed by atoms with van der Waals surface area (Å²) in [6, 6.07) is 31.0. The van der Waals surface area contributed by atoms with Gasteiger partial charge >= 0.3 is 0 Å². The van der Waals surface area contributed by atoms with E-state index in [1.165, 1.54) is 0 Å². The molecular weight excluding hydrogens is 398 g/mol. The summed E-state index contributed by atoms with van der Waals surface area (Å²) in [5, 5.41) is 11.0. The summed E-state index contributed by atoms with van der Waals surface area (Å²) in [5.74, 6) is 0.168. The lowest BCUT2D eigenvalue weighted by molar-refractivity contribution is 0.102. The molecule has 2 aromatic heterocycles. The Labute approximate surface area is 185 Å². The zero-order valence-corrected chi connectivity index (χ0v) is 17.5. The maximum atomic E-state index is 13.4. The van der Waals surface area contributed by atoms with Gasteiger partial charge in [0, 0.05) is 22.6 Å². The Bertz CT molecular complexity index is 1380. The molecule has 2 N–H and O–H groups in total. The molecule has 6 heteroatoms. The maximum absolute atomic E-state index is 13.4. The van der Waals surface area contributed by atoms with E-state index in [1.54, 1.807) is 4.52 Å². The van der Waals surface area contributed by atoms with Gasteiger partial charge in [-0.1, -0.05) is 66.7 Å². The number of hydrogen-bond donors (Lipinski definition) is 2. The standard InChI is InChI=1S/C26H21N5O/c1-18-17-22(19-11-5-2-6-12-19)31-25(27-18)23(26(32)29-21-15-9-4-10-16-21)24(30-31)28-20-13-7-3-8-14-20/h2-17H,1H3,(H,28,30)(H,29,32). The normalized spacial score (nSPS) is 10.8. The smallest absolute Gasteiger partial charge is 0.263 e. The number of fused-ring (bicyclic) bond motifs is 1. The van der Waals surface area contributed by atoms with Crippen molar-refractivity contribution >= 4 is 28.7 Å². The van der Waals surface area contributed by atoms with Crippen LogP contribution < -0.4 is 10.6 Å². The number of carbonyl (C=O) groups is 1. The number of para-hydroxylation sites is 2. The molecule has 0 spiro atoms. The Hall–Kier alpha value is -4.45. The first kappa shape index (κ1) is 19.5. The lowest BCUT2D eigenvalue weighted by Crippen LogP contribution is -2.14. The zero-order chi connectivity index (χ0) is 21.9. The maximum Gasteiger partial charge on any atom is 0.263 e. The van der Waals surface area contributed by atoms with Gasteiger partial charge in [-0.25, -0.2) is 9.50 Å². The molecule has 1 amide bonds. The Kier molecular flexibility index (Phi) is 5.09. The SMILES string of the molecule is Cc1cc(-c2ccccc2)n2nc(Nc3ccccc3)c(C(=O)Nc3ccccc3)c2n1. The number of anilines is 3. The molecule has 0 saturated heterocycles. The molecule has 0 atom stereocenters. The van der Waals surface area contributed by atoms with Crippen LogP contribution in [0.3, 0.4) is 0 Å². The van der Waals surface area contributed by atoms with E-state index in [0.717, 1.165) is 22.6 Å². The van der Waals surface area contributed by atoms with E-state index < -0.39 is 0 Å². The number of carbonyl (C=O) groups excluding carboxylic acids is 1. The molecule has 0 aliphatic carbocycles. The fourth-order valence-electron chi connectivity index (χ4n) is 3.62. The average Bonchev–Trinajstić information content (AvgIpc) is 3.18. The fraction of sp³-hybridized carbons (Fsp3) is 0.0385. The van der Waals surface area contributed by atoms with Crippen molar-refractivity contribution in [2.45, 2.75) is 6.92 Å². The number of aromatic nitrogens is 3. The number of amides is 1. The van der Waals surface area contributed by atoms with E-state index in [-0.39, 0.29) is 5.91 Å². The van der Waals surface area contributed by atoms with Gasteiger partial charge in [-0.3, -0.25) is 4.79 Å². The molecule has 3 aromatic carbocycles. The molecule has 0 fully saturated rings. The van der Waals surface area contributed by atoms with Crippen LogP contribution in [0.1, 0.15) is 16.1 Å². The number of nitrogens with zero attached hydrogens (tertiary/aromatic N) is 3. The molecular formula is C26H21N5O. The molecule has 6 nitrogen and oxygen atoms in total. The monoisotopic (exact) mass is 419 g/mol. The highest BCUT2D eigenvalue weighted by Gasteiger charge is 2.24. The van der Waals surface area contributed by atoms with E-state index >= 15 is 0 Å². The predicted molar refractivity (Wildman–Crippen MR) is 127 cm³/mol. The van der Waals surface area contributed by atoms with Crippen LogP contribution >= 0.6 is 0 Å². The van der Waals surface area contributed by atoms with Crippen molar-refractivity contribution in [3.05, 3.63) is 108 Å². The van der Waals surface area contributed by atoms with Crippen LogP contribution in [0.25, 0.3) is 16.9 Å². The Morgan fingerprint density at radius 3 is 2.06 bits per heavy atom. The van der Waals surface area contributed by atoms with E-state index in [4.69, 9.17) is 5.10 Å². The third-order valence-corrected chi connectivity index (χ3v) is 5.08. The summed E-state index contributed by atoms with van der Waals surface area (Å²) < 4.78 is 1.73. The third-order valence-electron chi connectivity index (χ3n) is 5.08. The summed E-state index contributed by atoms with van der Waals surface area (Å²) in [5.41, 5.74) is 5.08. The second-order valence-electron chi connectivity index (χ2n) is 7.42. The number of rotatable bonds is 5. The summed E-state index contributed by atoms with van der Waals surface area (Å²) >= 11 is 0. The van der Waals surface area contributed by atoms with Gasteiger partial charge in [-0.05, 0) is 37.3 Å². The van der Waals surface area contributed by atoms with Crippen molar-refractivity contribution in [1.29, 1.82) is 0 Å². The van der Waals surface area contributed by atoms with Gasteiger partial charge in [0.2, 0.25) is 0 Å². The van der Waals surface area contributed by atoms with Crippen molar-refractivity contribution in [3.63, 3.8) is 0 Å². The van der Waals surface area contributed by atoms with Crippen LogP contribution in [-0.2, 0) is 0 Å². The molecule has 0 aliphatic rings. The van der Waals surface area contributed by atoms with Crippen LogP contribution in [0.4, 0.5) is 17.2 Å². The van der Waals surface area contributed by atoms with Gasteiger partial charge in [-0.15, -0.1) is 5.10 Å². The highest BCUT2D eigenvalue weighted by molar-refractivity contribution is 6.12. The topological polar surface area (TPSA) is 71.3 Å². The highest BCUT2D eigenvalue weighted by Crippen LogP contribution is 2.29. The average molecular weight is 419 g/mol. The summed E-state index contributed by atoms with van der Waals surface area (Å²) in [7, 11) is 0. The molecule has 2 heterocycles. The highest BCUT2D eigenvalue weighted by atomic mass is 16.1. The van der Waals surface area contributed by atoms with Crippen LogP contribution in [0, 0.1) is 6.92 Å². The van der Waals surface area contributed by atoms with Gasteiger partial charge in [0.1, 0.15) is 5.56 Å². The van der Waals surface area contributed by atoms with E-state index in [9.17, 15) is 4.79 Å². The van der Waals surface area contributed by atoms with Crippen molar-refractivity contribution in [2.75, 3.05) is 10.6 Å². The van der Waals surface area contributed by atoms with Crippen LogP contribution in [0.5, 0.6) is 0 Å². The van der Waals surface area contributed by atoms with Crippen LogP contribution in [-0.4, -0.2) is 20.5 Å². The van der Waals surface area contributed by atoms with E-state index in [0.29, 0.717) is 22.7 Å². The molecule has 0 saturated carbocycles. The number of benzene rings is 3. The Morgan fingerprint density at radius 1 is 0.812 bits per heavy atom. The minimum Gasteiger partial charge on any atom is -0.338 e. The van der Waals surface area contributed by atoms with Gasteiger partial charge in [0.25, 0.3) is 5.91 Å². The van der Waals surface area contributed by atoms with Gasteiger partial charge in [0.15, 0.2) is 11.5 Å². The van der Waals surface area contributed by atoms with Crippen molar-refractivity contribution in [3.8, 4) is 11.3 Å². The van der Waals surface area contributed by atoms with E-state index in [1.807, 2.05) is 104 Å². The van der Waals surface area contributed by atoms with Gasteiger partial charge in [0.05, 0.1) is 5.69 Å². The number of nitrogens with one attached hydrogen (secondary N) is 2. The van der Waals surface area contributed by atoms with Crippen molar-refractivity contribution in [2.24, 2.45) is 0 Å². The second kappa shape index (κ2) is 8.35. The first-order valence-corrected chi connectivity index (χ1v) is 10.3. The molecule has 0 radical (unpaired) electrons. The molecule has 32 heavy (non-hydrogen) atoms. The second-order valence-corrected chi connectivity index (χ2v) is 7.42. The summed E-state index contributed by atoms with van der Waals surface area (Å²) in [6.07, 6.45) is 0. The van der Waals surface area contributed by atoms with Gasteiger partial charge in [-0.2, -0.15) is 0 Å². The largest absolute Gasteiger partial charge is 0.338 e. The number of aryl methyl sites for hydroxylation is 1. The molecule has 5 aromatic rings. The first-order chi connectivity index (χ1) is 15.7. The quantitative estimate of drug-likeness (QED) is 0.383. The zero-order valence-electron chi connectivity index (χ0n) is 17.5. The van der Waals surface area contributed by atoms with Crippen molar-refractivity contribution in [1.82, 2.24) is 14.6 Å². The van der Waals surface area contributed by atoms with Gasteiger partial charge < -0.3 is 10.6 Å². The lowest BCUT2D eigenvalue weighted by atomic mass is 10.1. The molecule has 0 bridgehead atoms. The van der Waals surface area contributed by atoms with Crippen LogP contribution in [0.15, 0.2) is 97.1 Å². The Morgan fingerprint density at radius 2 is 1.41 bits per heavy atom. The van der Waals surface area contributed by atoms with E-state index in [2.05, 4.69) is 15.6 Å². The molecule has 156 valence electrons. The first-order valence-electron chi connectivity index (χ1n) is 10.3. The number of hydrogen-bond acceptors (Lipinski definition) is 4. The minimum absolute atomic E-state index is 0.276. The minimum atomic E-state index is -0.276. The predicted octanol–water partition coefficient (Wildman–Crippen LogP) is 5.70. The molecule has 0 unspecified atom stereocenters. The van der Waals surface area contributed by atoms with Crippen molar-refractivity contribution < 1.29 is 4.79 Å². The molecule has 5 rings (SSSR count). The fourth-order valence-corrected chi connectivity index (χ4v) is 3.62. The third kappa shape index (κ3) is 3.81. The Balaban J connectivity index is 1.69.